The minimum atomic E-state index is -0.425. The van der Waals surface area contributed by atoms with Crippen molar-refractivity contribution in [2.75, 3.05) is 83.6 Å². The third kappa shape index (κ3) is 11.5. The molecular formula is C33H62N6O3. The zero-order chi connectivity index (χ0) is 31.2. The largest absolute Gasteiger partial charge is 0.477 e. The summed E-state index contributed by atoms with van der Waals surface area (Å²) in [6, 6.07) is 1.85. The molecular weight excluding hydrogens is 528 g/mol. The van der Waals surface area contributed by atoms with Gasteiger partial charge < -0.3 is 19.5 Å². The van der Waals surface area contributed by atoms with Crippen LogP contribution in [0.1, 0.15) is 82.1 Å². The van der Waals surface area contributed by atoms with Gasteiger partial charge in [0.1, 0.15) is 0 Å². The Bertz CT molecular complexity index is 942. The van der Waals surface area contributed by atoms with E-state index in [1.54, 1.807) is 0 Å². The SMILES string of the molecule is CC(C)(C)COC[C@@H](O)CN1CCN(C(C)(C)CCC(C)(C)N2CCN(c3nccc(OCC(C)(C)C)n3)CC2)CC1. The summed E-state index contributed by atoms with van der Waals surface area (Å²) in [7, 11) is 0. The van der Waals surface area contributed by atoms with Gasteiger partial charge >= 0.3 is 0 Å². The molecule has 9 heteroatoms. The van der Waals surface area contributed by atoms with Crippen LogP contribution in [-0.4, -0.2) is 126 Å². The van der Waals surface area contributed by atoms with E-state index in [0.717, 1.165) is 71.1 Å². The van der Waals surface area contributed by atoms with Crippen molar-refractivity contribution in [3.05, 3.63) is 12.3 Å². The molecule has 0 radical (unpaired) electrons. The van der Waals surface area contributed by atoms with Gasteiger partial charge in [-0.3, -0.25) is 14.7 Å². The fourth-order valence-electron chi connectivity index (χ4n) is 5.68. The number of aromatic nitrogens is 2. The van der Waals surface area contributed by atoms with Crippen molar-refractivity contribution in [1.29, 1.82) is 0 Å². The Morgan fingerprint density at radius 1 is 0.762 bits per heavy atom. The third-order valence-corrected chi connectivity index (χ3v) is 8.58. The number of hydrogen-bond donors (Lipinski definition) is 1. The molecule has 1 atom stereocenters. The second-order valence-electron chi connectivity index (χ2n) is 16.2. The normalized spacial score (nSPS) is 19.7. The van der Waals surface area contributed by atoms with Crippen LogP contribution < -0.4 is 9.64 Å². The molecule has 0 aliphatic carbocycles. The Morgan fingerprint density at radius 3 is 1.81 bits per heavy atom. The number of aliphatic hydroxyl groups is 1. The Hall–Kier alpha value is -1.52. The first-order valence-corrected chi connectivity index (χ1v) is 16.1. The number of ether oxygens (including phenoxy) is 2. The van der Waals surface area contributed by atoms with E-state index in [4.69, 9.17) is 14.5 Å². The molecule has 2 saturated heterocycles. The zero-order valence-corrected chi connectivity index (χ0v) is 28.6. The number of aliphatic hydroxyl groups excluding tert-OH is 1. The minimum absolute atomic E-state index is 0.0935. The van der Waals surface area contributed by atoms with Crippen molar-refractivity contribution in [2.24, 2.45) is 10.8 Å². The quantitative estimate of drug-likeness (QED) is 0.360. The molecule has 0 unspecified atom stereocenters. The maximum Gasteiger partial charge on any atom is 0.228 e. The first-order valence-electron chi connectivity index (χ1n) is 16.1. The molecule has 0 amide bonds. The van der Waals surface area contributed by atoms with E-state index in [1.165, 1.54) is 0 Å². The molecule has 1 aromatic rings. The van der Waals surface area contributed by atoms with Gasteiger partial charge in [-0.05, 0) is 51.4 Å². The summed E-state index contributed by atoms with van der Waals surface area (Å²) >= 11 is 0. The maximum atomic E-state index is 10.5. The molecule has 9 nitrogen and oxygen atoms in total. The van der Waals surface area contributed by atoms with Crippen LogP contribution in [0, 0.1) is 10.8 Å². The molecule has 0 saturated carbocycles. The predicted molar refractivity (Wildman–Crippen MR) is 172 cm³/mol. The van der Waals surface area contributed by atoms with Gasteiger partial charge in [0.15, 0.2) is 0 Å². The fourth-order valence-corrected chi connectivity index (χ4v) is 5.68. The summed E-state index contributed by atoms with van der Waals surface area (Å²) in [6.45, 7) is 32.9. The molecule has 0 aromatic carbocycles. The number of anilines is 1. The smallest absolute Gasteiger partial charge is 0.228 e. The Morgan fingerprint density at radius 2 is 1.29 bits per heavy atom. The van der Waals surface area contributed by atoms with E-state index in [2.05, 4.69) is 93.8 Å². The lowest BCUT2D eigenvalue weighted by molar-refractivity contribution is -0.0218. The molecule has 42 heavy (non-hydrogen) atoms. The molecule has 2 aliphatic heterocycles. The lowest BCUT2D eigenvalue weighted by atomic mass is 9.86. The van der Waals surface area contributed by atoms with Gasteiger partial charge in [0.2, 0.25) is 11.8 Å². The van der Waals surface area contributed by atoms with E-state index in [-0.39, 0.29) is 21.9 Å². The highest BCUT2D eigenvalue weighted by Gasteiger charge is 2.35. The standard InChI is InChI=1S/C33H62N6O3/c1-30(2,3)25-41-24-27(40)23-36-15-19-38(20-16-36)32(7,8)12-13-33(9,10)39-21-17-37(18-22-39)29-34-14-11-28(35-29)42-26-31(4,5)6/h11,14,27,40H,12-13,15-26H2,1-10H3/t27-/m0/s1. The van der Waals surface area contributed by atoms with Gasteiger partial charge in [0, 0.05) is 82.2 Å². The first-order chi connectivity index (χ1) is 19.4. The molecule has 1 N–H and O–H groups in total. The lowest BCUT2D eigenvalue weighted by Crippen LogP contribution is -2.58. The Labute approximate surface area is 257 Å². The van der Waals surface area contributed by atoms with Crippen molar-refractivity contribution < 1.29 is 14.6 Å². The van der Waals surface area contributed by atoms with Crippen LogP contribution >= 0.6 is 0 Å². The van der Waals surface area contributed by atoms with Gasteiger partial charge in [-0.1, -0.05) is 41.5 Å². The topological polar surface area (TPSA) is 77.4 Å². The monoisotopic (exact) mass is 590 g/mol. The second-order valence-corrected chi connectivity index (χ2v) is 16.2. The number of hydrogen-bond acceptors (Lipinski definition) is 9. The lowest BCUT2D eigenvalue weighted by Gasteiger charge is -2.48. The van der Waals surface area contributed by atoms with Crippen molar-refractivity contribution >= 4 is 5.95 Å². The van der Waals surface area contributed by atoms with Crippen molar-refractivity contribution in [3.8, 4) is 5.88 Å². The van der Waals surface area contributed by atoms with Gasteiger partial charge in [0.05, 0.1) is 25.9 Å². The van der Waals surface area contributed by atoms with Crippen LogP contribution in [0.5, 0.6) is 5.88 Å². The second kappa shape index (κ2) is 14.5. The number of rotatable bonds is 13. The molecule has 2 fully saturated rings. The van der Waals surface area contributed by atoms with Crippen LogP contribution in [0.3, 0.4) is 0 Å². The highest BCUT2D eigenvalue weighted by molar-refractivity contribution is 5.33. The minimum Gasteiger partial charge on any atom is -0.477 e. The van der Waals surface area contributed by atoms with Crippen LogP contribution in [0.4, 0.5) is 5.95 Å². The van der Waals surface area contributed by atoms with E-state index in [1.807, 2.05) is 12.3 Å². The molecule has 3 rings (SSSR count). The van der Waals surface area contributed by atoms with Crippen molar-refractivity contribution in [1.82, 2.24) is 24.7 Å². The highest BCUT2D eigenvalue weighted by atomic mass is 16.5. The van der Waals surface area contributed by atoms with Crippen LogP contribution in [0.15, 0.2) is 12.3 Å². The average Bonchev–Trinajstić information content (AvgIpc) is 2.90. The summed E-state index contributed by atoms with van der Waals surface area (Å²) in [6.07, 6.45) is 3.69. The van der Waals surface area contributed by atoms with Gasteiger partial charge in [-0.15, -0.1) is 0 Å². The molecule has 1 aromatic heterocycles. The Kier molecular flexibility index (Phi) is 12.1. The predicted octanol–water partition coefficient (Wildman–Crippen LogP) is 4.40. The number of piperazine rings is 2. The summed E-state index contributed by atoms with van der Waals surface area (Å²) in [5.41, 5.74) is 0.487. The average molecular weight is 591 g/mol. The molecule has 2 aliphatic rings. The van der Waals surface area contributed by atoms with E-state index in [9.17, 15) is 5.11 Å². The summed E-state index contributed by atoms with van der Waals surface area (Å²) in [4.78, 5) is 19.2. The number of nitrogens with zero attached hydrogens (tertiary/aromatic N) is 6. The van der Waals surface area contributed by atoms with E-state index < -0.39 is 6.10 Å². The third-order valence-electron chi connectivity index (χ3n) is 8.58. The van der Waals surface area contributed by atoms with Gasteiger partial charge in [-0.2, -0.15) is 4.98 Å². The first kappa shape index (κ1) is 35.0. The van der Waals surface area contributed by atoms with Gasteiger partial charge in [-0.25, -0.2) is 4.98 Å². The van der Waals surface area contributed by atoms with E-state index in [0.29, 0.717) is 32.2 Å². The summed E-state index contributed by atoms with van der Waals surface area (Å²) < 4.78 is 11.7. The van der Waals surface area contributed by atoms with Crippen LogP contribution in [0.25, 0.3) is 0 Å². The van der Waals surface area contributed by atoms with Crippen LogP contribution in [-0.2, 0) is 4.74 Å². The van der Waals surface area contributed by atoms with Gasteiger partial charge in [0.25, 0.3) is 0 Å². The summed E-state index contributed by atoms with van der Waals surface area (Å²) in [5, 5.41) is 10.5. The number of β-amino-alcohol motifs (C(OH)–C–C–N with tert-alkyl or cyclic N) is 1. The molecule has 0 spiro atoms. The van der Waals surface area contributed by atoms with Crippen molar-refractivity contribution in [2.45, 2.75) is 99.3 Å². The fraction of sp³-hybridized carbons (Fsp3) is 0.879. The highest BCUT2D eigenvalue weighted by Crippen LogP contribution is 2.30. The van der Waals surface area contributed by atoms with Crippen molar-refractivity contribution in [3.63, 3.8) is 0 Å². The maximum absolute atomic E-state index is 10.5. The van der Waals surface area contributed by atoms with E-state index >= 15 is 0 Å². The summed E-state index contributed by atoms with van der Waals surface area (Å²) in [5.74, 6) is 1.42. The zero-order valence-electron chi connectivity index (χ0n) is 28.6. The Balaban J connectivity index is 1.41. The molecule has 0 bridgehead atoms. The molecule has 3 heterocycles. The van der Waals surface area contributed by atoms with Crippen LogP contribution in [0.2, 0.25) is 0 Å². The molecule has 242 valence electrons.